The van der Waals surface area contributed by atoms with E-state index in [0.29, 0.717) is 0 Å². The number of aliphatic hydroxyl groups is 1. The first-order valence-electron chi connectivity index (χ1n) is 4.29. The van der Waals surface area contributed by atoms with Crippen molar-refractivity contribution in [3.63, 3.8) is 0 Å². The van der Waals surface area contributed by atoms with Gasteiger partial charge >= 0.3 is 0 Å². The number of alkyl halides is 2. The van der Waals surface area contributed by atoms with E-state index in [1.54, 1.807) is 6.07 Å². The van der Waals surface area contributed by atoms with Crippen molar-refractivity contribution in [2.45, 2.75) is 12.5 Å². The Morgan fingerprint density at radius 1 is 1.13 bits per heavy atom. The SMILES string of the molecule is COc1cccc(OC)c1C(O)C(F)F. The summed E-state index contributed by atoms with van der Waals surface area (Å²) in [6, 6.07) is 4.58. The highest BCUT2D eigenvalue weighted by Gasteiger charge is 2.26. The van der Waals surface area contributed by atoms with Gasteiger partial charge in [-0.25, -0.2) is 8.78 Å². The van der Waals surface area contributed by atoms with Gasteiger partial charge in [0.15, 0.2) is 0 Å². The molecule has 0 radical (unpaired) electrons. The second-order valence-electron chi connectivity index (χ2n) is 2.86. The van der Waals surface area contributed by atoms with Crippen molar-refractivity contribution < 1.29 is 23.4 Å². The Morgan fingerprint density at radius 2 is 1.60 bits per heavy atom. The quantitative estimate of drug-likeness (QED) is 0.840. The van der Waals surface area contributed by atoms with Crippen LogP contribution in [0.1, 0.15) is 11.7 Å². The van der Waals surface area contributed by atoms with Gasteiger partial charge in [0.2, 0.25) is 0 Å². The second-order valence-corrected chi connectivity index (χ2v) is 2.86. The van der Waals surface area contributed by atoms with Crippen LogP contribution in [0.25, 0.3) is 0 Å². The van der Waals surface area contributed by atoms with Gasteiger partial charge in [0.05, 0.1) is 19.8 Å². The van der Waals surface area contributed by atoms with Gasteiger partial charge in [-0.3, -0.25) is 0 Å². The second kappa shape index (κ2) is 4.93. The molecular weight excluding hydrogens is 206 g/mol. The van der Waals surface area contributed by atoms with Gasteiger partial charge in [0.1, 0.15) is 17.6 Å². The Morgan fingerprint density at radius 3 is 1.93 bits per heavy atom. The van der Waals surface area contributed by atoms with E-state index in [9.17, 15) is 13.9 Å². The smallest absolute Gasteiger partial charge is 0.268 e. The van der Waals surface area contributed by atoms with Crippen LogP contribution in [0.4, 0.5) is 8.78 Å². The van der Waals surface area contributed by atoms with Crippen molar-refractivity contribution in [2.75, 3.05) is 14.2 Å². The van der Waals surface area contributed by atoms with E-state index in [0.717, 1.165) is 0 Å². The third-order valence-corrected chi connectivity index (χ3v) is 2.00. The van der Waals surface area contributed by atoms with Crippen LogP contribution in [0.3, 0.4) is 0 Å². The fourth-order valence-corrected chi connectivity index (χ4v) is 1.30. The number of hydrogen-bond donors (Lipinski definition) is 1. The maximum atomic E-state index is 12.4. The molecule has 1 aromatic rings. The number of rotatable bonds is 4. The van der Waals surface area contributed by atoms with Gasteiger partial charge in [-0.2, -0.15) is 0 Å². The zero-order chi connectivity index (χ0) is 11.4. The summed E-state index contributed by atoms with van der Waals surface area (Å²) in [4.78, 5) is 0. The predicted molar refractivity (Wildman–Crippen MR) is 50.5 cm³/mol. The number of halogens is 2. The standard InChI is InChI=1S/C10H12F2O3/c1-14-6-4-3-5-7(15-2)8(6)9(13)10(11)12/h3-5,9-10,13H,1-2H3. The first kappa shape index (κ1) is 11.7. The molecule has 1 unspecified atom stereocenters. The number of hydrogen-bond acceptors (Lipinski definition) is 3. The van der Waals surface area contributed by atoms with Crippen molar-refractivity contribution in [1.82, 2.24) is 0 Å². The summed E-state index contributed by atoms with van der Waals surface area (Å²) in [6.07, 6.45) is -4.79. The Labute approximate surface area is 86.2 Å². The Bertz CT molecular complexity index is 306. The number of benzene rings is 1. The van der Waals surface area contributed by atoms with Crippen LogP contribution in [0.2, 0.25) is 0 Å². The lowest BCUT2D eigenvalue weighted by molar-refractivity contribution is -0.00823. The molecule has 0 heterocycles. The number of ether oxygens (including phenoxy) is 2. The van der Waals surface area contributed by atoms with Gasteiger partial charge in [-0.05, 0) is 12.1 Å². The van der Waals surface area contributed by atoms with E-state index in [-0.39, 0.29) is 17.1 Å². The molecule has 0 saturated heterocycles. The predicted octanol–water partition coefficient (Wildman–Crippen LogP) is 2.00. The summed E-state index contributed by atoms with van der Waals surface area (Å²) in [5, 5.41) is 9.31. The highest BCUT2D eigenvalue weighted by Crippen LogP contribution is 2.36. The van der Waals surface area contributed by atoms with Crippen LogP contribution in [0.5, 0.6) is 11.5 Å². The third-order valence-electron chi connectivity index (χ3n) is 2.00. The average Bonchev–Trinajstić information content (AvgIpc) is 2.26. The molecule has 0 bridgehead atoms. The number of aliphatic hydroxyl groups excluding tert-OH is 1. The first-order valence-corrected chi connectivity index (χ1v) is 4.29. The van der Waals surface area contributed by atoms with Gasteiger partial charge < -0.3 is 14.6 Å². The molecule has 1 rings (SSSR count). The molecule has 84 valence electrons. The minimum Gasteiger partial charge on any atom is -0.496 e. The van der Waals surface area contributed by atoms with Gasteiger partial charge in [0.25, 0.3) is 6.43 Å². The molecule has 1 aromatic carbocycles. The van der Waals surface area contributed by atoms with Crippen LogP contribution >= 0.6 is 0 Å². The molecule has 5 heteroatoms. The van der Waals surface area contributed by atoms with Gasteiger partial charge in [-0.15, -0.1) is 0 Å². The zero-order valence-electron chi connectivity index (χ0n) is 8.41. The summed E-state index contributed by atoms with van der Waals surface area (Å²) in [6.45, 7) is 0. The molecule has 1 atom stereocenters. The van der Waals surface area contributed by atoms with Crippen LogP contribution < -0.4 is 9.47 Å². The molecule has 3 nitrogen and oxygen atoms in total. The molecule has 1 N–H and O–H groups in total. The molecule has 0 amide bonds. The summed E-state index contributed by atoms with van der Waals surface area (Å²) < 4.78 is 34.5. The van der Waals surface area contributed by atoms with Crippen molar-refractivity contribution in [1.29, 1.82) is 0 Å². The van der Waals surface area contributed by atoms with Crippen molar-refractivity contribution >= 4 is 0 Å². The molecule has 0 aliphatic rings. The molecule has 0 fully saturated rings. The molecule has 0 saturated carbocycles. The molecular formula is C10H12F2O3. The zero-order valence-corrected chi connectivity index (χ0v) is 8.41. The van der Waals surface area contributed by atoms with Crippen LogP contribution in [0.15, 0.2) is 18.2 Å². The van der Waals surface area contributed by atoms with E-state index in [2.05, 4.69) is 0 Å². The van der Waals surface area contributed by atoms with E-state index < -0.39 is 12.5 Å². The fourth-order valence-electron chi connectivity index (χ4n) is 1.30. The average molecular weight is 218 g/mol. The van der Waals surface area contributed by atoms with E-state index in [1.165, 1.54) is 26.4 Å². The Hall–Kier alpha value is -1.36. The highest BCUT2D eigenvalue weighted by atomic mass is 19.3. The number of methoxy groups -OCH3 is 2. The summed E-state index contributed by atoms with van der Waals surface area (Å²) in [5.74, 6) is 0.365. The summed E-state index contributed by atoms with van der Waals surface area (Å²) in [5.41, 5.74) is -0.0301. The summed E-state index contributed by atoms with van der Waals surface area (Å²) in [7, 11) is 2.69. The maximum Gasteiger partial charge on any atom is 0.268 e. The van der Waals surface area contributed by atoms with Crippen molar-refractivity contribution in [2.24, 2.45) is 0 Å². The topological polar surface area (TPSA) is 38.7 Å². The van der Waals surface area contributed by atoms with Crippen LogP contribution in [0, 0.1) is 0 Å². The van der Waals surface area contributed by atoms with E-state index in [4.69, 9.17) is 9.47 Å². The monoisotopic (exact) mass is 218 g/mol. The maximum absolute atomic E-state index is 12.4. The summed E-state index contributed by atoms with van der Waals surface area (Å²) >= 11 is 0. The van der Waals surface area contributed by atoms with Gasteiger partial charge in [0, 0.05) is 0 Å². The first-order chi connectivity index (χ1) is 7.11. The Balaban J connectivity index is 3.21. The fraction of sp³-hybridized carbons (Fsp3) is 0.400. The van der Waals surface area contributed by atoms with E-state index >= 15 is 0 Å². The molecule has 15 heavy (non-hydrogen) atoms. The molecule has 0 aromatic heterocycles. The minimum absolute atomic E-state index is 0.0301. The van der Waals surface area contributed by atoms with Crippen molar-refractivity contribution in [3.8, 4) is 11.5 Å². The molecule has 0 aliphatic heterocycles. The lowest BCUT2D eigenvalue weighted by Gasteiger charge is -2.17. The third kappa shape index (κ3) is 2.36. The van der Waals surface area contributed by atoms with Crippen LogP contribution in [-0.2, 0) is 0 Å². The van der Waals surface area contributed by atoms with Crippen molar-refractivity contribution in [3.05, 3.63) is 23.8 Å². The normalized spacial score (nSPS) is 12.7. The largest absolute Gasteiger partial charge is 0.496 e. The Kier molecular flexibility index (Phi) is 3.85. The van der Waals surface area contributed by atoms with Crippen LogP contribution in [-0.4, -0.2) is 25.8 Å². The van der Waals surface area contributed by atoms with E-state index in [1.807, 2.05) is 0 Å². The molecule has 0 aliphatic carbocycles. The molecule has 0 spiro atoms. The van der Waals surface area contributed by atoms with Gasteiger partial charge in [-0.1, -0.05) is 6.07 Å². The minimum atomic E-state index is -2.88. The lowest BCUT2D eigenvalue weighted by Crippen LogP contribution is -2.11. The highest BCUT2D eigenvalue weighted by molar-refractivity contribution is 5.46. The lowest BCUT2D eigenvalue weighted by atomic mass is 10.1.